The molecule has 0 aromatic carbocycles. The number of rotatable bonds is 4. The molecule has 0 bridgehead atoms. The summed E-state index contributed by atoms with van der Waals surface area (Å²) in [6.07, 6.45) is 3.83. The summed E-state index contributed by atoms with van der Waals surface area (Å²) in [6.45, 7) is 6.67. The number of halogens is 1. The van der Waals surface area contributed by atoms with Crippen molar-refractivity contribution in [1.82, 2.24) is 4.90 Å². The molecule has 2 nitrogen and oxygen atoms in total. The highest BCUT2D eigenvalue weighted by Gasteiger charge is 2.36. The van der Waals surface area contributed by atoms with E-state index >= 15 is 0 Å². The molecule has 2 N–H and O–H groups in total. The molecule has 4 heteroatoms. The topological polar surface area (TPSA) is 29.3 Å². The molecule has 1 saturated carbocycles. The average Bonchev–Trinajstić information content (AvgIpc) is 2.70. The Hall–Kier alpha value is -0.0900. The van der Waals surface area contributed by atoms with E-state index in [1.54, 1.807) is 11.3 Å². The van der Waals surface area contributed by atoms with Crippen LogP contribution in [0.4, 0.5) is 0 Å². The Balaban J connectivity index is 1.89. The van der Waals surface area contributed by atoms with Crippen molar-refractivity contribution >= 4 is 22.9 Å². The van der Waals surface area contributed by atoms with Crippen molar-refractivity contribution in [1.29, 1.82) is 0 Å². The van der Waals surface area contributed by atoms with Crippen LogP contribution in [0.1, 0.15) is 38.0 Å². The van der Waals surface area contributed by atoms with E-state index in [1.165, 1.54) is 24.1 Å². The second-order valence-corrected chi connectivity index (χ2v) is 8.37. The summed E-state index contributed by atoms with van der Waals surface area (Å²) >= 11 is 7.65. The van der Waals surface area contributed by atoms with Gasteiger partial charge in [-0.25, -0.2) is 0 Å². The molecule has 1 aliphatic rings. The van der Waals surface area contributed by atoms with Crippen LogP contribution >= 0.6 is 22.9 Å². The van der Waals surface area contributed by atoms with Gasteiger partial charge in [-0.15, -0.1) is 11.3 Å². The van der Waals surface area contributed by atoms with E-state index < -0.39 is 0 Å². The third-order valence-corrected chi connectivity index (χ3v) is 5.62. The maximum absolute atomic E-state index is 6.46. The minimum atomic E-state index is 0.288. The molecule has 1 fully saturated rings. The van der Waals surface area contributed by atoms with Crippen LogP contribution in [-0.4, -0.2) is 24.5 Å². The van der Waals surface area contributed by atoms with E-state index in [9.17, 15) is 0 Å². The molecule has 2 rings (SSSR count). The fourth-order valence-electron chi connectivity index (χ4n) is 3.18. The molecule has 1 heterocycles. The summed E-state index contributed by atoms with van der Waals surface area (Å²) in [7, 11) is 2.18. The average molecular weight is 301 g/mol. The second-order valence-electron chi connectivity index (χ2n) is 6.57. The van der Waals surface area contributed by atoms with Gasteiger partial charge in [0.05, 0.1) is 4.34 Å². The van der Waals surface area contributed by atoms with Gasteiger partial charge in [0, 0.05) is 24.0 Å². The van der Waals surface area contributed by atoms with Gasteiger partial charge in [-0.2, -0.15) is 0 Å². The Bertz CT molecular complexity index is 416. The summed E-state index contributed by atoms with van der Waals surface area (Å²) in [5.41, 5.74) is 6.75. The lowest BCUT2D eigenvalue weighted by atomic mass is 9.68. The number of nitrogens with two attached hydrogens (primary N) is 1. The van der Waals surface area contributed by atoms with Crippen molar-refractivity contribution in [3.63, 3.8) is 0 Å². The highest BCUT2D eigenvalue weighted by molar-refractivity contribution is 7.16. The van der Waals surface area contributed by atoms with Gasteiger partial charge in [0.25, 0.3) is 0 Å². The summed E-state index contributed by atoms with van der Waals surface area (Å²) in [4.78, 5) is 3.71. The van der Waals surface area contributed by atoms with Gasteiger partial charge in [-0.1, -0.05) is 31.9 Å². The Morgan fingerprint density at radius 2 is 2.21 bits per heavy atom. The van der Waals surface area contributed by atoms with Gasteiger partial charge < -0.3 is 10.6 Å². The zero-order chi connectivity index (χ0) is 14.0. The molecule has 108 valence electrons. The predicted molar refractivity (Wildman–Crippen MR) is 84.8 cm³/mol. The maximum Gasteiger partial charge on any atom is 0.0931 e. The molecule has 0 radical (unpaired) electrons. The van der Waals surface area contributed by atoms with E-state index in [0.29, 0.717) is 12.0 Å². The molecule has 1 aromatic rings. The summed E-state index contributed by atoms with van der Waals surface area (Å²) in [5, 5.41) is 0. The molecule has 0 spiro atoms. The standard InChI is InChI=1S/C15H25ClN2S/c1-15(2)8-4-5-11(14(15)17)9-18(3)10-12-6-7-13(16)19-12/h6-7,11,14H,4-5,8-10,17H2,1-3H3. The Kier molecular flexibility index (Phi) is 4.93. The van der Waals surface area contributed by atoms with Gasteiger partial charge >= 0.3 is 0 Å². The van der Waals surface area contributed by atoms with Crippen LogP contribution in [0, 0.1) is 11.3 Å². The van der Waals surface area contributed by atoms with Crippen LogP contribution in [0.3, 0.4) is 0 Å². The predicted octanol–water partition coefficient (Wildman–Crippen LogP) is 3.99. The molecule has 2 unspecified atom stereocenters. The van der Waals surface area contributed by atoms with Gasteiger partial charge in [-0.05, 0) is 43.4 Å². The smallest absolute Gasteiger partial charge is 0.0931 e. The molecule has 0 saturated heterocycles. The largest absolute Gasteiger partial charge is 0.327 e. The van der Waals surface area contributed by atoms with Gasteiger partial charge in [0.2, 0.25) is 0 Å². The molecular formula is C15H25ClN2S. The number of hydrogen-bond acceptors (Lipinski definition) is 3. The SMILES string of the molecule is CN(Cc1ccc(Cl)s1)CC1CCCC(C)(C)C1N. The normalized spacial score (nSPS) is 26.8. The van der Waals surface area contributed by atoms with Gasteiger partial charge in [0.1, 0.15) is 0 Å². The minimum Gasteiger partial charge on any atom is -0.327 e. The Morgan fingerprint density at radius 3 is 2.84 bits per heavy atom. The lowest BCUT2D eigenvalue weighted by Gasteiger charge is -2.43. The van der Waals surface area contributed by atoms with E-state index in [0.717, 1.165) is 17.4 Å². The fraction of sp³-hybridized carbons (Fsp3) is 0.733. The first-order chi connectivity index (χ1) is 8.88. The molecule has 0 aliphatic heterocycles. The van der Waals surface area contributed by atoms with Crippen LogP contribution in [0.2, 0.25) is 4.34 Å². The summed E-state index contributed by atoms with van der Waals surface area (Å²) in [6, 6.07) is 4.41. The summed E-state index contributed by atoms with van der Waals surface area (Å²) in [5.74, 6) is 0.615. The first kappa shape index (κ1) is 15.3. The van der Waals surface area contributed by atoms with E-state index in [-0.39, 0.29) is 5.41 Å². The van der Waals surface area contributed by atoms with E-state index in [2.05, 4.69) is 31.9 Å². The first-order valence-corrected chi connectivity index (χ1v) is 8.26. The zero-order valence-electron chi connectivity index (χ0n) is 12.2. The number of nitrogens with zero attached hydrogens (tertiary/aromatic N) is 1. The lowest BCUT2D eigenvalue weighted by molar-refractivity contribution is 0.109. The van der Waals surface area contributed by atoms with Crippen LogP contribution in [-0.2, 0) is 6.54 Å². The van der Waals surface area contributed by atoms with Gasteiger partial charge in [-0.3, -0.25) is 0 Å². The van der Waals surface area contributed by atoms with Crippen molar-refractivity contribution in [2.24, 2.45) is 17.1 Å². The Morgan fingerprint density at radius 1 is 1.47 bits per heavy atom. The van der Waals surface area contributed by atoms with Crippen LogP contribution in [0.5, 0.6) is 0 Å². The third-order valence-electron chi connectivity index (χ3n) is 4.41. The van der Waals surface area contributed by atoms with Crippen LogP contribution in [0.25, 0.3) is 0 Å². The molecule has 2 atom stereocenters. The Labute approximate surface area is 125 Å². The van der Waals surface area contributed by atoms with Crippen molar-refractivity contribution < 1.29 is 0 Å². The zero-order valence-corrected chi connectivity index (χ0v) is 13.7. The van der Waals surface area contributed by atoms with Crippen molar-refractivity contribution in [3.8, 4) is 0 Å². The highest BCUT2D eigenvalue weighted by Crippen LogP contribution is 2.38. The highest BCUT2D eigenvalue weighted by atomic mass is 35.5. The van der Waals surface area contributed by atoms with Crippen molar-refractivity contribution in [3.05, 3.63) is 21.3 Å². The van der Waals surface area contributed by atoms with E-state index in [4.69, 9.17) is 17.3 Å². The second kappa shape index (κ2) is 6.13. The van der Waals surface area contributed by atoms with Crippen LogP contribution in [0.15, 0.2) is 12.1 Å². The monoisotopic (exact) mass is 300 g/mol. The number of thiophene rings is 1. The molecule has 1 aromatic heterocycles. The van der Waals surface area contributed by atoms with Crippen molar-refractivity contribution in [2.45, 2.75) is 45.7 Å². The summed E-state index contributed by atoms with van der Waals surface area (Å²) < 4.78 is 0.874. The van der Waals surface area contributed by atoms with Crippen molar-refractivity contribution in [2.75, 3.05) is 13.6 Å². The quantitative estimate of drug-likeness (QED) is 0.911. The fourth-order valence-corrected chi connectivity index (χ4v) is 4.34. The lowest BCUT2D eigenvalue weighted by Crippen LogP contribution is -2.49. The molecule has 0 amide bonds. The van der Waals surface area contributed by atoms with Crippen LogP contribution < -0.4 is 5.73 Å². The molecular weight excluding hydrogens is 276 g/mol. The first-order valence-electron chi connectivity index (χ1n) is 7.07. The molecule has 19 heavy (non-hydrogen) atoms. The minimum absolute atomic E-state index is 0.288. The molecule has 1 aliphatic carbocycles. The van der Waals surface area contributed by atoms with E-state index in [1.807, 2.05) is 6.07 Å². The number of hydrogen-bond donors (Lipinski definition) is 1. The third kappa shape index (κ3) is 3.94. The maximum atomic E-state index is 6.46. The van der Waals surface area contributed by atoms with Gasteiger partial charge in [0.15, 0.2) is 0 Å².